The van der Waals surface area contributed by atoms with Crippen LogP contribution in [0.25, 0.3) is 10.9 Å². The van der Waals surface area contributed by atoms with E-state index in [1.807, 2.05) is 67.2 Å². The molecule has 2 N–H and O–H groups in total. The highest BCUT2D eigenvalue weighted by atomic mass is 16.4. The third kappa shape index (κ3) is 3.94. The van der Waals surface area contributed by atoms with Gasteiger partial charge in [0.15, 0.2) is 0 Å². The molecule has 1 atom stereocenters. The first-order valence-electron chi connectivity index (χ1n) is 8.55. The molecule has 5 nitrogen and oxygen atoms in total. The molecule has 0 bridgehead atoms. The molecule has 0 radical (unpaired) electrons. The molecule has 2 aromatic carbocycles. The van der Waals surface area contributed by atoms with Crippen molar-refractivity contribution in [1.82, 2.24) is 9.88 Å². The zero-order chi connectivity index (χ0) is 18.7. The van der Waals surface area contributed by atoms with Crippen LogP contribution in [0, 0.1) is 12.8 Å². The fourth-order valence-corrected chi connectivity index (χ4v) is 3.00. The number of fused-ring (bicyclic) bond motifs is 1. The molecule has 26 heavy (non-hydrogen) atoms. The molecule has 0 saturated heterocycles. The average molecular weight is 350 g/mol. The van der Waals surface area contributed by atoms with Crippen LogP contribution in [0.1, 0.15) is 21.5 Å². The van der Waals surface area contributed by atoms with Gasteiger partial charge in [-0.2, -0.15) is 0 Å². The van der Waals surface area contributed by atoms with Crippen molar-refractivity contribution in [3.8, 4) is 0 Å². The van der Waals surface area contributed by atoms with Crippen molar-refractivity contribution in [3.05, 3.63) is 71.4 Å². The highest BCUT2D eigenvalue weighted by Gasteiger charge is 2.19. The lowest BCUT2D eigenvalue weighted by Gasteiger charge is -2.14. The van der Waals surface area contributed by atoms with Gasteiger partial charge in [-0.25, -0.2) is 0 Å². The predicted molar refractivity (Wildman–Crippen MR) is 101 cm³/mol. The van der Waals surface area contributed by atoms with Gasteiger partial charge in [-0.1, -0.05) is 29.8 Å². The maximum Gasteiger partial charge on any atom is 0.308 e. The number of carbonyl (C=O) groups is 2. The van der Waals surface area contributed by atoms with E-state index in [0.29, 0.717) is 12.0 Å². The minimum absolute atomic E-state index is 0.0921. The number of aryl methyl sites for hydroxylation is 2. The summed E-state index contributed by atoms with van der Waals surface area (Å²) in [6.07, 6.45) is 2.32. The van der Waals surface area contributed by atoms with Crippen LogP contribution in [-0.2, 0) is 18.3 Å². The highest BCUT2D eigenvalue weighted by molar-refractivity contribution is 5.98. The van der Waals surface area contributed by atoms with Crippen LogP contribution in [0.3, 0.4) is 0 Å². The van der Waals surface area contributed by atoms with Crippen LogP contribution in [0.15, 0.2) is 54.7 Å². The molecular formula is C21H22N2O3. The summed E-state index contributed by atoms with van der Waals surface area (Å²) in [7, 11) is 1.95. The van der Waals surface area contributed by atoms with Gasteiger partial charge in [0.1, 0.15) is 0 Å². The van der Waals surface area contributed by atoms with Crippen molar-refractivity contribution >= 4 is 22.8 Å². The van der Waals surface area contributed by atoms with Gasteiger partial charge < -0.3 is 15.0 Å². The molecule has 0 spiro atoms. The fourth-order valence-electron chi connectivity index (χ4n) is 3.00. The molecule has 0 aliphatic heterocycles. The van der Waals surface area contributed by atoms with Gasteiger partial charge in [-0.15, -0.1) is 0 Å². The van der Waals surface area contributed by atoms with E-state index in [-0.39, 0.29) is 12.5 Å². The maximum absolute atomic E-state index is 12.4. The Labute approximate surface area is 152 Å². The van der Waals surface area contributed by atoms with Gasteiger partial charge in [0.25, 0.3) is 5.91 Å². The van der Waals surface area contributed by atoms with E-state index < -0.39 is 11.9 Å². The van der Waals surface area contributed by atoms with E-state index in [2.05, 4.69) is 5.32 Å². The third-order valence-corrected chi connectivity index (χ3v) is 4.61. The zero-order valence-electron chi connectivity index (χ0n) is 14.9. The summed E-state index contributed by atoms with van der Waals surface area (Å²) in [4.78, 5) is 24.0. The third-order valence-electron chi connectivity index (χ3n) is 4.61. The molecular weight excluding hydrogens is 328 g/mol. The first-order chi connectivity index (χ1) is 12.4. The molecule has 0 aliphatic carbocycles. The highest BCUT2D eigenvalue weighted by Crippen LogP contribution is 2.17. The van der Waals surface area contributed by atoms with Crippen molar-refractivity contribution in [2.24, 2.45) is 13.0 Å². The zero-order valence-corrected chi connectivity index (χ0v) is 14.9. The number of carbonyl (C=O) groups excluding carboxylic acids is 1. The van der Waals surface area contributed by atoms with E-state index >= 15 is 0 Å². The lowest BCUT2D eigenvalue weighted by molar-refractivity contribution is -0.141. The summed E-state index contributed by atoms with van der Waals surface area (Å²) < 4.78 is 1.99. The number of amides is 1. The topological polar surface area (TPSA) is 71.3 Å². The summed E-state index contributed by atoms with van der Waals surface area (Å²) in [5.41, 5.74) is 3.65. The summed E-state index contributed by atoms with van der Waals surface area (Å²) in [6, 6.07) is 15.2. The number of nitrogens with one attached hydrogen (secondary N) is 1. The number of aliphatic carboxylic acids is 1. The van der Waals surface area contributed by atoms with Crippen LogP contribution in [0.5, 0.6) is 0 Å². The van der Waals surface area contributed by atoms with E-state index in [1.165, 1.54) is 0 Å². The fraction of sp³-hybridized carbons (Fsp3) is 0.238. The molecule has 5 heteroatoms. The maximum atomic E-state index is 12.4. The minimum Gasteiger partial charge on any atom is -0.481 e. The Morgan fingerprint density at radius 2 is 1.85 bits per heavy atom. The molecule has 0 fully saturated rings. The Bertz CT molecular complexity index is 942. The van der Waals surface area contributed by atoms with Crippen molar-refractivity contribution in [2.45, 2.75) is 13.3 Å². The molecule has 1 amide bonds. The van der Waals surface area contributed by atoms with Crippen LogP contribution in [-0.4, -0.2) is 28.1 Å². The van der Waals surface area contributed by atoms with Gasteiger partial charge in [0.2, 0.25) is 0 Å². The second-order valence-electron chi connectivity index (χ2n) is 6.64. The summed E-state index contributed by atoms with van der Waals surface area (Å²) in [5.74, 6) is -1.84. The number of hydrogen-bond acceptors (Lipinski definition) is 2. The molecule has 0 aliphatic rings. The Kier molecular flexibility index (Phi) is 5.07. The Hall–Kier alpha value is -3.08. The number of rotatable bonds is 6. The number of aromatic nitrogens is 1. The molecule has 0 saturated carbocycles. The largest absolute Gasteiger partial charge is 0.481 e. The minimum atomic E-state index is -0.913. The second-order valence-corrected chi connectivity index (χ2v) is 6.64. The van der Waals surface area contributed by atoms with Gasteiger partial charge in [0.05, 0.1) is 5.92 Å². The number of benzene rings is 2. The summed E-state index contributed by atoms with van der Waals surface area (Å²) >= 11 is 0. The molecule has 134 valence electrons. The Morgan fingerprint density at radius 3 is 2.54 bits per heavy atom. The number of nitrogens with zero attached hydrogens (tertiary/aromatic N) is 1. The van der Waals surface area contributed by atoms with Crippen molar-refractivity contribution in [3.63, 3.8) is 0 Å². The van der Waals surface area contributed by atoms with Gasteiger partial charge in [0, 0.05) is 36.3 Å². The normalized spacial score (nSPS) is 12.1. The summed E-state index contributed by atoms with van der Waals surface area (Å²) in [5, 5.41) is 13.2. The molecule has 1 unspecified atom stereocenters. The van der Waals surface area contributed by atoms with Crippen LogP contribution in [0.2, 0.25) is 0 Å². The molecule has 3 rings (SSSR count). The Morgan fingerprint density at radius 1 is 1.12 bits per heavy atom. The van der Waals surface area contributed by atoms with Gasteiger partial charge in [-0.3, -0.25) is 9.59 Å². The summed E-state index contributed by atoms with van der Waals surface area (Å²) in [6.45, 7) is 2.08. The monoisotopic (exact) mass is 350 g/mol. The number of carboxylic acids is 1. The SMILES string of the molecule is Cc1ccc(CC(CNC(=O)c2ccc3c(ccn3C)c2)C(=O)O)cc1. The quantitative estimate of drug-likeness (QED) is 0.717. The number of hydrogen-bond donors (Lipinski definition) is 2. The molecule has 1 aromatic heterocycles. The van der Waals surface area contributed by atoms with Crippen LogP contribution >= 0.6 is 0 Å². The van der Waals surface area contributed by atoms with Crippen LogP contribution in [0.4, 0.5) is 0 Å². The van der Waals surface area contributed by atoms with E-state index in [1.54, 1.807) is 6.07 Å². The average Bonchev–Trinajstić information content (AvgIpc) is 3.00. The van der Waals surface area contributed by atoms with E-state index in [0.717, 1.165) is 22.0 Å². The standard InChI is InChI=1S/C21H22N2O3/c1-14-3-5-15(6-4-14)11-18(21(25)26)13-22-20(24)17-7-8-19-16(12-17)9-10-23(19)2/h3-10,12,18H,11,13H2,1-2H3,(H,22,24)(H,25,26). The van der Waals surface area contributed by atoms with Crippen molar-refractivity contribution in [2.75, 3.05) is 6.54 Å². The van der Waals surface area contributed by atoms with Crippen molar-refractivity contribution < 1.29 is 14.7 Å². The first-order valence-corrected chi connectivity index (χ1v) is 8.55. The Balaban J connectivity index is 1.66. The van der Waals surface area contributed by atoms with Gasteiger partial charge in [-0.05, 0) is 43.2 Å². The van der Waals surface area contributed by atoms with Crippen LogP contribution < -0.4 is 5.32 Å². The molecule has 1 heterocycles. The van der Waals surface area contributed by atoms with E-state index in [9.17, 15) is 14.7 Å². The number of carboxylic acid groups (broad SMARTS) is 1. The van der Waals surface area contributed by atoms with Gasteiger partial charge >= 0.3 is 5.97 Å². The van der Waals surface area contributed by atoms with Crippen molar-refractivity contribution in [1.29, 1.82) is 0 Å². The smallest absolute Gasteiger partial charge is 0.308 e. The lowest BCUT2D eigenvalue weighted by Crippen LogP contribution is -2.34. The second kappa shape index (κ2) is 7.44. The van der Waals surface area contributed by atoms with E-state index in [4.69, 9.17) is 0 Å². The first kappa shape index (κ1) is 17.7. The predicted octanol–water partition coefficient (Wildman–Crippen LogP) is 3.16. The molecule has 3 aromatic rings. The lowest BCUT2D eigenvalue weighted by atomic mass is 9.98.